The molecule has 0 aliphatic carbocycles. The van der Waals surface area contributed by atoms with Crippen LogP contribution >= 0.6 is 0 Å². The van der Waals surface area contributed by atoms with Gasteiger partial charge in [0, 0.05) is 38.5 Å². The highest BCUT2D eigenvalue weighted by atomic mass is 16.3. The molecule has 1 N–H and O–H groups in total. The SMILES string of the molecule is OCC1CCCN(CCN2CCCc3ccccc32)C1. The number of aliphatic hydroxyl groups is 1. The Morgan fingerprint density at radius 1 is 1.10 bits per heavy atom. The quantitative estimate of drug-likeness (QED) is 0.911. The largest absolute Gasteiger partial charge is 0.396 e. The van der Waals surface area contributed by atoms with Gasteiger partial charge in [-0.25, -0.2) is 0 Å². The van der Waals surface area contributed by atoms with Crippen LogP contribution in [-0.2, 0) is 6.42 Å². The Kier molecular flexibility index (Phi) is 4.58. The van der Waals surface area contributed by atoms with E-state index in [1.165, 1.54) is 50.0 Å². The van der Waals surface area contributed by atoms with Crippen molar-refractivity contribution in [2.45, 2.75) is 25.7 Å². The van der Waals surface area contributed by atoms with Crippen LogP contribution < -0.4 is 4.90 Å². The third-order valence-electron chi connectivity index (χ3n) is 4.75. The van der Waals surface area contributed by atoms with Crippen LogP contribution in [0, 0.1) is 5.92 Å². The van der Waals surface area contributed by atoms with Gasteiger partial charge < -0.3 is 14.9 Å². The van der Waals surface area contributed by atoms with Crippen molar-refractivity contribution in [2.24, 2.45) is 5.92 Å². The lowest BCUT2D eigenvalue weighted by Crippen LogP contribution is -2.42. The topological polar surface area (TPSA) is 26.7 Å². The number of anilines is 1. The third-order valence-corrected chi connectivity index (χ3v) is 4.75. The summed E-state index contributed by atoms with van der Waals surface area (Å²) in [5.41, 5.74) is 2.94. The summed E-state index contributed by atoms with van der Waals surface area (Å²) in [6.45, 7) is 6.06. The average Bonchev–Trinajstić information content (AvgIpc) is 2.53. The average molecular weight is 274 g/mol. The van der Waals surface area contributed by atoms with E-state index in [9.17, 15) is 5.11 Å². The fourth-order valence-corrected chi connectivity index (χ4v) is 3.61. The summed E-state index contributed by atoms with van der Waals surface area (Å²) in [6, 6.07) is 8.84. The van der Waals surface area contributed by atoms with Gasteiger partial charge in [-0.3, -0.25) is 0 Å². The zero-order valence-corrected chi connectivity index (χ0v) is 12.3. The summed E-state index contributed by atoms with van der Waals surface area (Å²) >= 11 is 0. The third kappa shape index (κ3) is 3.15. The van der Waals surface area contributed by atoms with Gasteiger partial charge in [0.15, 0.2) is 0 Å². The molecule has 0 spiro atoms. The minimum absolute atomic E-state index is 0.350. The van der Waals surface area contributed by atoms with E-state index in [1.807, 2.05) is 0 Å². The number of para-hydroxylation sites is 1. The second-order valence-corrected chi connectivity index (χ2v) is 6.21. The predicted molar refractivity (Wildman–Crippen MR) is 83.2 cm³/mol. The zero-order valence-electron chi connectivity index (χ0n) is 12.3. The van der Waals surface area contributed by atoms with Crippen molar-refractivity contribution in [1.82, 2.24) is 4.90 Å². The first-order chi connectivity index (χ1) is 9.86. The van der Waals surface area contributed by atoms with Gasteiger partial charge in [0.2, 0.25) is 0 Å². The highest BCUT2D eigenvalue weighted by molar-refractivity contribution is 5.55. The lowest BCUT2D eigenvalue weighted by molar-refractivity contribution is 0.122. The van der Waals surface area contributed by atoms with Crippen molar-refractivity contribution in [3.05, 3.63) is 29.8 Å². The van der Waals surface area contributed by atoms with Crippen LogP contribution in [0.25, 0.3) is 0 Å². The smallest absolute Gasteiger partial charge is 0.0471 e. The molecule has 1 aromatic rings. The number of nitrogens with zero attached hydrogens (tertiary/aromatic N) is 2. The van der Waals surface area contributed by atoms with Crippen LogP contribution in [0.2, 0.25) is 0 Å². The Balaban J connectivity index is 1.56. The van der Waals surface area contributed by atoms with E-state index in [4.69, 9.17) is 0 Å². The summed E-state index contributed by atoms with van der Waals surface area (Å²) in [4.78, 5) is 5.07. The molecule has 0 saturated carbocycles. The number of benzene rings is 1. The maximum absolute atomic E-state index is 9.32. The maximum Gasteiger partial charge on any atom is 0.0471 e. The summed E-state index contributed by atoms with van der Waals surface area (Å²) in [6.07, 6.45) is 4.93. The lowest BCUT2D eigenvalue weighted by Gasteiger charge is -2.36. The molecule has 3 heteroatoms. The zero-order chi connectivity index (χ0) is 13.8. The molecule has 1 fully saturated rings. The lowest BCUT2D eigenvalue weighted by atomic mass is 9.99. The Morgan fingerprint density at radius 3 is 2.90 bits per heavy atom. The van der Waals surface area contributed by atoms with Crippen LogP contribution in [0.1, 0.15) is 24.8 Å². The number of likely N-dealkylation sites (tertiary alicyclic amines) is 1. The van der Waals surface area contributed by atoms with Crippen molar-refractivity contribution >= 4 is 5.69 Å². The number of hydrogen-bond acceptors (Lipinski definition) is 3. The van der Waals surface area contributed by atoms with Crippen LogP contribution in [-0.4, -0.2) is 49.3 Å². The van der Waals surface area contributed by atoms with Gasteiger partial charge in [-0.2, -0.15) is 0 Å². The summed E-state index contributed by atoms with van der Waals surface area (Å²) in [5.74, 6) is 0.498. The second-order valence-electron chi connectivity index (χ2n) is 6.21. The Labute approximate surface area is 122 Å². The first-order valence-electron chi connectivity index (χ1n) is 8.03. The molecule has 0 bridgehead atoms. The molecule has 2 aliphatic heterocycles. The van der Waals surface area contributed by atoms with Crippen molar-refractivity contribution in [3.63, 3.8) is 0 Å². The van der Waals surface area contributed by atoms with E-state index >= 15 is 0 Å². The fraction of sp³-hybridized carbons (Fsp3) is 0.647. The van der Waals surface area contributed by atoms with E-state index in [1.54, 1.807) is 0 Å². The molecule has 20 heavy (non-hydrogen) atoms. The van der Waals surface area contributed by atoms with Gasteiger partial charge in [0.05, 0.1) is 0 Å². The molecular weight excluding hydrogens is 248 g/mol. The van der Waals surface area contributed by atoms with Gasteiger partial charge in [0.1, 0.15) is 0 Å². The molecule has 1 saturated heterocycles. The highest BCUT2D eigenvalue weighted by Crippen LogP contribution is 2.26. The number of rotatable bonds is 4. The summed E-state index contributed by atoms with van der Waals surface area (Å²) in [5, 5.41) is 9.32. The van der Waals surface area contributed by atoms with Gasteiger partial charge in [0.25, 0.3) is 0 Å². The first kappa shape index (κ1) is 13.9. The minimum Gasteiger partial charge on any atom is -0.396 e. The molecule has 110 valence electrons. The molecule has 0 aromatic heterocycles. The van der Waals surface area contributed by atoms with Gasteiger partial charge >= 0.3 is 0 Å². The van der Waals surface area contributed by atoms with Crippen LogP contribution in [0.5, 0.6) is 0 Å². The predicted octanol–water partition coefficient (Wildman–Crippen LogP) is 2.14. The van der Waals surface area contributed by atoms with Gasteiger partial charge in [-0.15, -0.1) is 0 Å². The standard InChI is InChI=1S/C17H26N2O/c20-14-15-5-3-9-18(13-15)11-12-19-10-4-7-16-6-1-2-8-17(16)19/h1-2,6,8,15,20H,3-5,7,9-14H2. The Bertz CT molecular complexity index is 435. The summed E-state index contributed by atoms with van der Waals surface area (Å²) < 4.78 is 0. The van der Waals surface area contributed by atoms with E-state index in [-0.39, 0.29) is 0 Å². The molecule has 2 aliphatic rings. The number of hydrogen-bond donors (Lipinski definition) is 1. The number of piperidine rings is 1. The maximum atomic E-state index is 9.32. The number of aryl methyl sites for hydroxylation is 1. The van der Waals surface area contributed by atoms with Gasteiger partial charge in [-0.05, 0) is 49.8 Å². The van der Waals surface area contributed by atoms with Gasteiger partial charge in [-0.1, -0.05) is 18.2 Å². The van der Waals surface area contributed by atoms with Crippen molar-refractivity contribution < 1.29 is 5.11 Å². The van der Waals surface area contributed by atoms with Crippen molar-refractivity contribution in [1.29, 1.82) is 0 Å². The molecule has 1 atom stereocenters. The van der Waals surface area contributed by atoms with E-state index in [2.05, 4.69) is 34.1 Å². The monoisotopic (exact) mass is 274 g/mol. The molecule has 1 unspecified atom stereocenters. The fourth-order valence-electron chi connectivity index (χ4n) is 3.61. The molecule has 0 amide bonds. The van der Waals surface area contributed by atoms with Crippen LogP contribution in [0.4, 0.5) is 5.69 Å². The van der Waals surface area contributed by atoms with E-state index < -0.39 is 0 Å². The Morgan fingerprint density at radius 2 is 2.00 bits per heavy atom. The number of aliphatic hydroxyl groups excluding tert-OH is 1. The number of fused-ring (bicyclic) bond motifs is 1. The molecule has 0 radical (unpaired) electrons. The highest BCUT2D eigenvalue weighted by Gasteiger charge is 2.21. The van der Waals surface area contributed by atoms with E-state index in [0.29, 0.717) is 12.5 Å². The van der Waals surface area contributed by atoms with Crippen molar-refractivity contribution in [2.75, 3.05) is 44.2 Å². The summed E-state index contributed by atoms with van der Waals surface area (Å²) in [7, 11) is 0. The van der Waals surface area contributed by atoms with Crippen LogP contribution in [0.3, 0.4) is 0 Å². The molecule has 3 nitrogen and oxygen atoms in total. The normalized spacial score (nSPS) is 23.6. The molecule has 1 aromatic carbocycles. The van der Waals surface area contributed by atoms with Crippen LogP contribution in [0.15, 0.2) is 24.3 Å². The molecule has 3 rings (SSSR count). The Hall–Kier alpha value is -1.06. The van der Waals surface area contributed by atoms with E-state index in [0.717, 1.165) is 19.6 Å². The molecule has 2 heterocycles. The first-order valence-corrected chi connectivity index (χ1v) is 8.03. The minimum atomic E-state index is 0.350. The molecular formula is C17H26N2O. The van der Waals surface area contributed by atoms with Crippen molar-refractivity contribution in [3.8, 4) is 0 Å². The second kappa shape index (κ2) is 6.59.